The van der Waals surface area contributed by atoms with Crippen LogP contribution in [0.15, 0.2) is 18.2 Å². The zero-order valence-corrected chi connectivity index (χ0v) is 10.2. The Labute approximate surface area is 96.4 Å². The summed E-state index contributed by atoms with van der Waals surface area (Å²) in [4.78, 5) is 10.7. The number of benzene rings is 1. The van der Waals surface area contributed by atoms with Gasteiger partial charge in [0.05, 0.1) is 6.61 Å². The van der Waals surface area contributed by atoms with Gasteiger partial charge in [-0.15, -0.1) is 0 Å². The molecule has 0 atom stereocenters. The van der Waals surface area contributed by atoms with Crippen molar-refractivity contribution in [2.45, 2.75) is 33.3 Å². The molecule has 1 rings (SSSR count). The van der Waals surface area contributed by atoms with Crippen LogP contribution in [0.25, 0.3) is 0 Å². The first-order valence-electron chi connectivity index (χ1n) is 5.37. The first-order valence-corrected chi connectivity index (χ1v) is 5.37. The van der Waals surface area contributed by atoms with Crippen molar-refractivity contribution < 1.29 is 14.3 Å². The molecule has 0 radical (unpaired) electrons. The van der Waals surface area contributed by atoms with Crippen LogP contribution in [-0.4, -0.2) is 18.5 Å². The lowest BCUT2D eigenvalue weighted by Gasteiger charge is -2.23. The van der Waals surface area contributed by atoms with Crippen LogP contribution < -0.4 is 9.47 Å². The van der Waals surface area contributed by atoms with Crippen molar-refractivity contribution >= 4 is 6.29 Å². The van der Waals surface area contributed by atoms with E-state index in [2.05, 4.69) is 0 Å². The summed E-state index contributed by atoms with van der Waals surface area (Å²) >= 11 is 0. The minimum absolute atomic E-state index is 0.283. The smallest absolute Gasteiger partial charge is 0.162 e. The first kappa shape index (κ1) is 12.6. The fraction of sp³-hybridized carbons (Fsp3) is 0.462. The molecule has 0 aliphatic rings. The molecule has 0 unspecified atom stereocenters. The lowest BCUT2D eigenvalue weighted by molar-refractivity contribution is 0.112. The molecule has 0 aliphatic heterocycles. The SMILES string of the molecule is CCOc1cc(C=O)ccc1OC(C)(C)C. The van der Waals surface area contributed by atoms with E-state index in [1.54, 1.807) is 18.2 Å². The maximum absolute atomic E-state index is 10.7. The van der Waals surface area contributed by atoms with E-state index in [4.69, 9.17) is 9.47 Å². The molecular weight excluding hydrogens is 204 g/mol. The highest BCUT2D eigenvalue weighted by Gasteiger charge is 2.15. The molecule has 88 valence electrons. The third kappa shape index (κ3) is 3.57. The Morgan fingerprint density at radius 3 is 2.44 bits per heavy atom. The van der Waals surface area contributed by atoms with E-state index in [-0.39, 0.29) is 5.60 Å². The van der Waals surface area contributed by atoms with Crippen molar-refractivity contribution in [1.29, 1.82) is 0 Å². The molecule has 0 fully saturated rings. The fourth-order valence-electron chi connectivity index (χ4n) is 1.28. The second kappa shape index (κ2) is 5.01. The van der Waals surface area contributed by atoms with Crippen LogP contribution in [0.5, 0.6) is 11.5 Å². The van der Waals surface area contributed by atoms with Gasteiger partial charge in [-0.2, -0.15) is 0 Å². The fourth-order valence-corrected chi connectivity index (χ4v) is 1.28. The maximum Gasteiger partial charge on any atom is 0.162 e. The summed E-state index contributed by atoms with van der Waals surface area (Å²) in [7, 11) is 0. The molecule has 1 aromatic rings. The molecule has 0 saturated carbocycles. The highest BCUT2D eigenvalue weighted by atomic mass is 16.5. The van der Waals surface area contributed by atoms with E-state index in [9.17, 15) is 4.79 Å². The number of hydrogen-bond donors (Lipinski definition) is 0. The lowest BCUT2D eigenvalue weighted by atomic mass is 10.1. The molecule has 0 bridgehead atoms. The van der Waals surface area contributed by atoms with E-state index < -0.39 is 0 Å². The van der Waals surface area contributed by atoms with Crippen molar-refractivity contribution in [3.05, 3.63) is 23.8 Å². The molecule has 3 nitrogen and oxygen atoms in total. The van der Waals surface area contributed by atoms with E-state index in [1.165, 1.54) is 0 Å². The quantitative estimate of drug-likeness (QED) is 0.734. The number of hydrogen-bond acceptors (Lipinski definition) is 3. The van der Waals surface area contributed by atoms with E-state index in [1.807, 2.05) is 27.7 Å². The van der Waals surface area contributed by atoms with Gasteiger partial charge in [-0.1, -0.05) is 0 Å². The standard InChI is InChI=1S/C13H18O3/c1-5-15-12-8-10(9-14)6-7-11(12)16-13(2,3)4/h6-9H,5H2,1-4H3. The Kier molecular flexibility index (Phi) is 3.93. The summed E-state index contributed by atoms with van der Waals surface area (Å²) in [6.07, 6.45) is 0.795. The summed E-state index contributed by atoms with van der Waals surface area (Å²) in [5, 5.41) is 0. The van der Waals surface area contributed by atoms with Crippen LogP contribution in [0, 0.1) is 0 Å². The average Bonchev–Trinajstić information content (AvgIpc) is 2.19. The van der Waals surface area contributed by atoms with Crippen LogP contribution >= 0.6 is 0 Å². The molecule has 0 N–H and O–H groups in total. The summed E-state index contributed by atoms with van der Waals surface area (Å²) in [6.45, 7) is 8.35. The summed E-state index contributed by atoms with van der Waals surface area (Å²) in [5.41, 5.74) is 0.305. The topological polar surface area (TPSA) is 35.5 Å². The van der Waals surface area contributed by atoms with Crippen molar-refractivity contribution in [3.8, 4) is 11.5 Å². The largest absolute Gasteiger partial charge is 0.490 e. The Morgan fingerprint density at radius 2 is 1.94 bits per heavy atom. The van der Waals surface area contributed by atoms with Gasteiger partial charge in [0, 0.05) is 5.56 Å². The van der Waals surface area contributed by atoms with Crippen molar-refractivity contribution in [2.24, 2.45) is 0 Å². The van der Waals surface area contributed by atoms with Gasteiger partial charge < -0.3 is 9.47 Å². The molecule has 0 spiro atoms. The van der Waals surface area contributed by atoms with E-state index in [0.717, 1.165) is 6.29 Å². The Bertz CT molecular complexity index is 364. The highest BCUT2D eigenvalue weighted by Crippen LogP contribution is 2.30. The molecule has 0 amide bonds. The first-order chi connectivity index (χ1) is 7.46. The predicted molar refractivity (Wildman–Crippen MR) is 63.4 cm³/mol. The number of aldehydes is 1. The molecule has 0 saturated heterocycles. The Morgan fingerprint density at radius 1 is 1.25 bits per heavy atom. The van der Waals surface area contributed by atoms with E-state index >= 15 is 0 Å². The zero-order valence-electron chi connectivity index (χ0n) is 10.2. The van der Waals surface area contributed by atoms with Crippen LogP contribution in [0.1, 0.15) is 38.1 Å². The normalized spacial score (nSPS) is 11.0. The monoisotopic (exact) mass is 222 g/mol. The lowest BCUT2D eigenvalue weighted by Crippen LogP contribution is -2.23. The Hall–Kier alpha value is -1.51. The molecule has 1 aromatic carbocycles. The van der Waals surface area contributed by atoms with Gasteiger partial charge in [0.25, 0.3) is 0 Å². The van der Waals surface area contributed by atoms with E-state index in [0.29, 0.717) is 23.7 Å². The minimum atomic E-state index is -0.283. The summed E-state index contributed by atoms with van der Waals surface area (Å²) < 4.78 is 11.2. The molecule has 3 heteroatoms. The molecule has 16 heavy (non-hydrogen) atoms. The van der Waals surface area contributed by atoms with Crippen LogP contribution in [0.3, 0.4) is 0 Å². The summed E-state index contributed by atoms with van der Waals surface area (Å²) in [6, 6.07) is 5.17. The van der Waals surface area contributed by atoms with Gasteiger partial charge in [0.1, 0.15) is 11.9 Å². The number of carbonyl (C=O) groups is 1. The van der Waals surface area contributed by atoms with Crippen molar-refractivity contribution in [1.82, 2.24) is 0 Å². The molecule has 0 aliphatic carbocycles. The third-order valence-corrected chi connectivity index (χ3v) is 1.82. The van der Waals surface area contributed by atoms with Gasteiger partial charge in [-0.25, -0.2) is 0 Å². The predicted octanol–water partition coefficient (Wildman–Crippen LogP) is 3.08. The van der Waals surface area contributed by atoms with Gasteiger partial charge in [-0.05, 0) is 45.9 Å². The molecule has 0 aromatic heterocycles. The second-order valence-corrected chi connectivity index (χ2v) is 4.47. The number of carbonyl (C=O) groups excluding carboxylic acids is 1. The maximum atomic E-state index is 10.7. The van der Waals surface area contributed by atoms with Gasteiger partial charge in [-0.3, -0.25) is 4.79 Å². The van der Waals surface area contributed by atoms with Crippen molar-refractivity contribution in [2.75, 3.05) is 6.61 Å². The summed E-state index contributed by atoms with van der Waals surface area (Å²) in [5.74, 6) is 1.28. The van der Waals surface area contributed by atoms with Gasteiger partial charge >= 0.3 is 0 Å². The van der Waals surface area contributed by atoms with Gasteiger partial charge in [0.15, 0.2) is 11.5 Å². The number of ether oxygens (including phenoxy) is 2. The molecule has 0 heterocycles. The van der Waals surface area contributed by atoms with Crippen LogP contribution in [0.4, 0.5) is 0 Å². The zero-order chi connectivity index (χ0) is 12.2. The third-order valence-electron chi connectivity index (χ3n) is 1.82. The Balaban J connectivity index is 3.02. The minimum Gasteiger partial charge on any atom is -0.490 e. The highest BCUT2D eigenvalue weighted by molar-refractivity contribution is 5.76. The van der Waals surface area contributed by atoms with Crippen LogP contribution in [-0.2, 0) is 0 Å². The second-order valence-electron chi connectivity index (χ2n) is 4.47. The van der Waals surface area contributed by atoms with Crippen LogP contribution in [0.2, 0.25) is 0 Å². The molecular formula is C13H18O3. The van der Waals surface area contributed by atoms with Gasteiger partial charge in [0.2, 0.25) is 0 Å². The van der Waals surface area contributed by atoms with Crippen molar-refractivity contribution in [3.63, 3.8) is 0 Å². The number of rotatable bonds is 4. The average molecular weight is 222 g/mol.